The fourth-order valence-electron chi connectivity index (χ4n) is 2.83. The molecule has 31 heavy (non-hydrogen) atoms. The Kier molecular flexibility index (Phi) is 7.32. The van der Waals surface area contributed by atoms with Crippen molar-refractivity contribution in [1.29, 1.82) is 0 Å². The molecule has 0 radical (unpaired) electrons. The summed E-state index contributed by atoms with van der Waals surface area (Å²) < 4.78 is 41.1. The molecule has 3 amide bonds. The second kappa shape index (κ2) is 9.38. The standard InChI is InChI=1S/C20H26FN5O4S/c1-11(2)14-7-13(21)8-15(12(3)4)18(14)24-20(28)25-31(29,30)17-10-22-9-16(23-17)19(27)26(5)6/h7-12H,1-6H3,(H2,24,25,28). The number of aromatic nitrogens is 2. The van der Waals surface area contributed by atoms with Crippen molar-refractivity contribution < 1.29 is 22.4 Å². The van der Waals surface area contributed by atoms with Crippen LogP contribution in [0.2, 0.25) is 0 Å². The highest BCUT2D eigenvalue weighted by Crippen LogP contribution is 2.33. The molecule has 2 N–H and O–H groups in total. The lowest BCUT2D eigenvalue weighted by Crippen LogP contribution is -2.36. The molecular formula is C20H26FN5O4S. The molecule has 9 nitrogen and oxygen atoms in total. The van der Waals surface area contributed by atoms with Crippen molar-refractivity contribution in [3.8, 4) is 0 Å². The summed E-state index contributed by atoms with van der Waals surface area (Å²) in [5.41, 5.74) is 1.24. The highest BCUT2D eigenvalue weighted by Gasteiger charge is 2.24. The van der Waals surface area contributed by atoms with Crippen LogP contribution in [0.15, 0.2) is 29.6 Å². The van der Waals surface area contributed by atoms with Crippen LogP contribution in [0.25, 0.3) is 0 Å². The molecule has 0 aliphatic carbocycles. The molecule has 0 fully saturated rings. The highest BCUT2D eigenvalue weighted by molar-refractivity contribution is 7.90. The number of carbonyl (C=O) groups is 2. The van der Waals surface area contributed by atoms with Gasteiger partial charge in [-0.15, -0.1) is 0 Å². The van der Waals surface area contributed by atoms with Gasteiger partial charge in [-0.3, -0.25) is 9.78 Å². The Labute approximate surface area is 181 Å². The van der Waals surface area contributed by atoms with Gasteiger partial charge in [0.25, 0.3) is 15.9 Å². The zero-order chi connectivity index (χ0) is 23.5. The monoisotopic (exact) mass is 451 g/mol. The summed E-state index contributed by atoms with van der Waals surface area (Å²) in [4.78, 5) is 33.3. The summed E-state index contributed by atoms with van der Waals surface area (Å²) >= 11 is 0. The molecule has 0 bridgehead atoms. The number of nitrogens with zero attached hydrogens (tertiary/aromatic N) is 3. The predicted molar refractivity (Wildman–Crippen MR) is 114 cm³/mol. The third-order valence-electron chi connectivity index (χ3n) is 4.39. The second-order valence-electron chi connectivity index (χ2n) is 7.77. The van der Waals surface area contributed by atoms with Crippen molar-refractivity contribution >= 4 is 27.6 Å². The summed E-state index contributed by atoms with van der Waals surface area (Å²) in [5.74, 6) is -1.23. The molecule has 0 atom stereocenters. The van der Waals surface area contributed by atoms with Crippen LogP contribution in [0.3, 0.4) is 0 Å². The maximum absolute atomic E-state index is 14.0. The van der Waals surface area contributed by atoms with Crippen molar-refractivity contribution in [3.63, 3.8) is 0 Å². The molecule has 1 aromatic carbocycles. The number of benzene rings is 1. The predicted octanol–water partition coefficient (Wildman–Crippen LogP) is 3.07. The zero-order valence-electron chi connectivity index (χ0n) is 18.2. The van der Waals surface area contributed by atoms with Gasteiger partial charge >= 0.3 is 6.03 Å². The number of halogens is 1. The van der Waals surface area contributed by atoms with E-state index < -0.39 is 32.8 Å². The van der Waals surface area contributed by atoms with E-state index in [0.717, 1.165) is 12.4 Å². The van der Waals surface area contributed by atoms with Gasteiger partial charge in [-0.2, -0.15) is 8.42 Å². The lowest BCUT2D eigenvalue weighted by atomic mass is 9.92. The zero-order valence-corrected chi connectivity index (χ0v) is 19.0. The summed E-state index contributed by atoms with van der Waals surface area (Å²) in [6, 6.07) is 1.58. The molecule has 2 rings (SSSR count). The van der Waals surface area contributed by atoms with Crippen LogP contribution >= 0.6 is 0 Å². The molecule has 2 aromatic rings. The van der Waals surface area contributed by atoms with Gasteiger partial charge in [0.05, 0.1) is 12.4 Å². The topological polar surface area (TPSA) is 121 Å². The van der Waals surface area contributed by atoms with Crippen molar-refractivity contribution in [3.05, 3.63) is 47.2 Å². The van der Waals surface area contributed by atoms with Crippen molar-refractivity contribution in [1.82, 2.24) is 19.6 Å². The Bertz CT molecular complexity index is 1070. The minimum Gasteiger partial charge on any atom is -0.343 e. The summed E-state index contributed by atoms with van der Waals surface area (Å²) in [6.45, 7) is 7.34. The van der Waals surface area contributed by atoms with E-state index in [1.165, 1.54) is 31.1 Å². The normalized spacial score (nSPS) is 11.5. The molecule has 1 heterocycles. The molecule has 0 aliphatic rings. The molecule has 168 valence electrons. The number of amides is 3. The Balaban J connectivity index is 2.35. The minimum absolute atomic E-state index is 0.125. The third-order valence-corrected chi connectivity index (χ3v) is 5.59. The van der Waals surface area contributed by atoms with E-state index in [1.807, 2.05) is 32.4 Å². The van der Waals surface area contributed by atoms with Crippen LogP contribution < -0.4 is 10.0 Å². The van der Waals surface area contributed by atoms with Crippen molar-refractivity contribution in [2.75, 3.05) is 19.4 Å². The van der Waals surface area contributed by atoms with Crippen molar-refractivity contribution in [2.24, 2.45) is 0 Å². The first-order chi connectivity index (χ1) is 14.3. The maximum atomic E-state index is 14.0. The van der Waals surface area contributed by atoms with Crippen LogP contribution in [0.5, 0.6) is 0 Å². The Hall–Kier alpha value is -3.08. The number of hydrogen-bond acceptors (Lipinski definition) is 6. The number of anilines is 1. The smallest absolute Gasteiger partial charge is 0.333 e. The van der Waals surface area contributed by atoms with Gasteiger partial charge in [0.2, 0.25) is 0 Å². The average Bonchev–Trinajstić information content (AvgIpc) is 2.67. The van der Waals surface area contributed by atoms with E-state index in [2.05, 4.69) is 15.3 Å². The van der Waals surface area contributed by atoms with Gasteiger partial charge in [0.1, 0.15) is 11.5 Å². The first kappa shape index (κ1) is 24.2. The summed E-state index contributed by atoms with van der Waals surface area (Å²) in [7, 11) is -1.45. The number of hydrogen-bond donors (Lipinski definition) is 2. The van der Waals surface area contributed by atoms with Crippen LogP contribution in [0, 0.1) is 5.82 Å². The van der Waals surface area contributed by atoms with Crippen LogP contribution in [0.1, 0.15) is 61.1 Å². The van der Waals surface area contributed by atoms with E-state index in [9.17, 15) is 22.4 Å². The number of carbonyl (C=O) groups excluding carboxylic acids is 2. The van der Waals surface area contributed by atoms with E-state index in [-0.39, 0.29) is 17.5 Å². The Morgan fingerprint density at radius 1 is 1.03 bits per heavy atom. The van der Waals surface area contributed by atoms with Crippen LogP contribution in [-0.2, 0) is 10.0 Å². The lowest BCUT2D eigenvalue weighted by Gasteiger charge is -2.20. The van der Waals surface area contributed by atoms with Gasteiger partial charge in [-0.25, -0.2) is 18.9 Å². The average molecular weight is 452 g/mol. The van der Waals surface area contributed by atoms with Gasteiger partial charge in [0.15, 0.2) is 5.03 Å². The lowest BCUT2D eigenvalue weighted by molar-refractivity contribution is 0.0820. The van der Waals surface area contributed by atoms with Gasteiger partial charge in [-0.1, -0.05) is 27.7 Å². The SMILES string of the molecule is CC(C)c1cc(F)cc(C(C)C)c1NC(=O)NS(=O)(=O)c1cncc(C(=O)N(C)C)n1. The summed E-state index contributed by atoms with van der Waals surface area (Å²) in [6.07, 6.45) is 2.06. The number of urea groups is 1. The maximum Gasteiger partial charge on any atom is 0.333 e. The van der Waals surface area contributed by atoms with Gasteiger partial charge in [-0.05, 0) is 35.1 Å². The van der Waals surface area contributed by atoms with E-state index in [4.69, 9.17) is 0 Å². The number of sulfonamides is 1. The molecule has 1 aromatic heterocycles. The molecule has 11 heteroatoms. The molecule has 0 saturated heterocycles. The molecule has 0 saturated carbocycles. The fraction of sp³-hybridized carbons (Fsp3) is 0.400. The first-order valence-corrected chi connectivity index (χ1v) is 11.0. The Morgan fingerprint density at radius 2 is 1.58 bits per heavy atom. The quantitative estimate of drug-likeness (QED) is 0.696. The molecule has 0 spiro atoms. The molecular weight excluding hydrogens is 425 g/mol. The van der Waals surface area contributed by atoms with Gasteiger partial charge < -0.3 is 10.2 Å². The van der Waals surface area contributed by atoms with E-state index >= 15 is 0 Å². The largest absolute Gasteiger partial charge is 0.343 e. The Morgan fingerprint density at radius 3 is 2.06 bits per heavy atom. The van der Waals surface area contributed by atoms with Crippen molar-refractivity contribution in [2.45, 2.75) is 44.6 Å². The van der Waals surface area contributed by atoms with Gasteiger partial charge in [0, 0.05) is 19.8 Å². The van der Waals surface area contributed by atoms with E-state index in [1.54, 1.807) is 0 Å². The van der Waals surface area contributed by atoms with Crippen LogP contribution in [-0.4, -0.2) is 49.3 Å². The fourth-order valence-corrected chi connectivity index (χ4v) is 3.65. The highest BCUT2D eigenvalue weighted by atomic mass is 32.2. The minimum atomic E-state index is -4.42. The number of rotatable bonds is 6. The number of nitrogens with one attached hydrogen (secondary N) is 2. The second-order valence-corrected chi connectivity index (χ2v) is 9.40. The molecule has 0 unspecified atom stereocenters. The first-order valence-electron chi connectivity index (χ1n) is 9.54. The molecule has 0 aliphatic heterocycles. The summed E-state index contributed by atoms with van der Waals surface area (Å²) in [5, 5.41) is 1.95. The third kappa shape index (κ3) is 5.75. The van der Waals surface area contributed by atoms with Crippen LogP contribution in [0.4, 0.5) is 14.9 Å². The van der Waals surface area contributed by atoms with E-state index in [0.29, 0.717) is 16.8 Å².